The molecule has 0 radical (unpaired) electrons. The normalized spacial score (nSPS) is 14.2. The van der Waals surface area contributed by atoms with Crippen LogP contribution in [0.15, 0.2) is 42.5 Å². The van der Waals surface area contributed by atoms with Crippen molar-refractivity contribution >= 4 is 11.6 Å². The van der Waals surface area contributed by atoms with Gasteiger partial charge in [0.2, 0.25) is 0 Å². The van der Waals surface area contributed by atoms with E-state index in [1.165, 1.54) is 18.4 Å². The zero-order valence-electron chi connectivity index (χ0n) is 12.2. The molecule has 0 spiro atoms. The number of hydrogen-bond donors (Lipinski definition) is 1. The van der Waals surface area contributed by atoms with Crippen LogP contribution >= 0.6 is 11.6 Å². The molecule has 21 heavy (non-hydrogen) atoms. The fraction of sp³-hybridized carbons (Fsp3) is 0.333. The summed E-state index contributed by atoms with van der Waals surface area (Å²) in [5, 5.41) is 4.23. The summed E-state index contributed by atoms with van der Waals surface area (Å²) in [6.45, 7) is 2.97. The van der Waals surface area contributed by atoms with Crippen LogP contribution < -0.4 is 10.1 Å². The summed E-state index contributed by atoms with van der Waals surface area (Å²) in [4.78, 5) is 0. The molecule has 0 saturated heterocycles. The molecule has 0 heterocycles. The van der Waals surface area contributed by atoms with Crippen LogP contribution in [0.5, 0.6) is 11.5 Å². The van der Waals surface area contributed by atoms with Crippen molar-refractivity contribution in [2.75, 3.05) is 0 Å². The van der Waals surface area contributed by atoms with E-state index in [1.807, 2.05) is 30.3 Å². The molecule has 110 valence electrons. The predicted molar refractivity (Wildman–Crippen MR) is 87.2 cm³/mol. The first kappa shape index (κ1) is 14.4. The van der Waals surface area contributed by atoms with Gasteiger partial charge in [-0.15, -0.1) is 0 Å². The van der Waals surface area contributed by atoms with E-state index in [9.17, 15) is 0 Å². The lowest BCUT2D eigenvalue weighted by Gasteiger charge is -2.10. The average Bonchev–Trinajstić information content (AvgIpc) is 3.31. The molecule has 0 aliphatic heterocycles. The van der Waals surface area contributed by atoms with Gasteiger partial charge in [0.15, 0.2) is 0 Å². The minimum Gasteiger partial charge on any atom is -0.457 e. The maximum atomic E-state index is 6.33. The second-order valence-corrected chi connectivity index (χ2v) is 5.92. The Bertz CT molecular complexity index is 605. The number of nitrogens with one attached hydrogen (secondary N) is 1. The fourth-order valence-corrected chi connectivity index (χ4v) is 2.44. The first-order valence-electron chi connectivity index (χ1n) is 7.53. The second-order valence-electron chi connectivity index (χ2n) is 5.51. The lowest BCUT2D eigenvalue weighted by Crippen LogP contribution is -2.15. The molecule has 2 aromatic rings. The van der Waals surface area contributed by atoms with Crippen molar-refractivity contribution in [3.05, 3.63) is 58.6 Å². The zero-order valence-corrected chi connectivity index (χ0v) is 13.0. The van der Waals surface area contributed by atoms with Gasteiger partial charge in [-0.2, -0.15) is 0 Å². The molecule has 0 unspecified atom stereocenters. The minimum absolute atomic E-state index is 0.689. The Morgan fingerprint density at radius 3 is 2.43 bits per heavy atom. The summed E-state index contributed by atoms with van der Waals surface area (Å²) in [7, 11) is 0. The highest BCUT2D eigenvalue weighted by molar-refractivity contribution is 6.31. The third-order valence-corrected chi connectivity index (χ3v) is 4.10. The Hall–Kier alpha value is -1.51. The van der Waals surface area contributed by atoms with Crippen molar-refractivity contribution in [2.24, 2.45) is 0 Å². The van der Waals surface area contributed by atoms with Crippen LogP contribution in [-0.2, 0) is 13.0 Å². The molecule has 0 aromatic heterocycles. The Kier molecular flexibility index (Phi) is 4.47. The lowest BCUT2D eigenvalue weighted by molar-refractivity contribution is 0.482. The molecule has 2 aromatic carbocycles. The van der Waals surface area contributed by atoms with E-state index >= 15 is 0 Å². The highest BCUT2D eigenvalue weighted by atomic mass is 35.5. The summed E-state index contributed by atoms with van der Waals surface area (Å²) < 4.78 is 5.85. The van der Waals surface area contributed by atoms with E-state index in [0.29, 0.717) is 6.04 Å². The second kappa shape index (κ2) is 6.50. The Balaban J connectivity index is 1.65. The third-order valence-electron chi connectivity index (χ3n) is 3.75. The first-order chi connectivity index (χ1) is 10.2. The van der Waals surface area contributed by atoms with Gasteiger partial charge in [0.05, 0.1) is 0 Å². The lowest BCUT2D eigenvalue weighted by atomic mass is 10.2. The first-order valence-corrected chi connectivity index (χ1v) is 7.91. The van der Waals surface area contributed by atoms with Gasteiger partial charge in [0, 0.05) is 17.6 Å². The number of halogens is 1. The quantitative estimate of drug-likeness (QED) is 0.815. The summed E-state index contributed by atoms with van der Waals surface area (Å²) >= 11 is 6.33. The number of aryl methyl sites for hydroxylation is 1. The Morgan fingerprint density at radius 1 is 1.10 bits per heavy atom. The topological polar surface area (TPSA) is 21.3 Å². The van der Waals surface area contributed by atoms with Crippen molar-refractivity contribution in [1.29, 1.82) is 0 Å². The molecule has 1 fully saturated rings. The van der Waals surface area contributed by atoms with Crippen molar-refractivity contribution in [3.63, 3.8) is 0 Å². The average molecular weight is 302 g/mol. The van der Waals surface area contributed by atoms with Gasteiger partial charge in [-0.1, -0.05) is 36.7 Å². The van der Waals surface area contributed by atoms with Crippen molar-refractivity contribution < 1.29 is 4.74 Å². The van der Waals surface area contributed by atoms with Gasteiger partial charge in [-0.3, -0.25) is 0 Å². The summed E-state index contributed by atoms with van der Waals surface area (Å²) in [5.41, 5.74) is 2.43. The van der Waals surface area contributed by atoms with Crippen LogP contribution in [0.1, 0.15) is 30.9 Å². The van der Waals surface area contributed by atoms with Gasteiger partial charge < -0.3 is 10.1 Å². The molecule has 1 N–H and O–H groups in total. The summed E-state index contributed by atoms with van der Waals surface area (Å²) in [5.74, 6) is 1.62. The van der Waals surface area contributed by atoms with Gasteiger partial charge in [0.1, 0.15) is 11.5 Å². The molecule has 0 amide bonds. The largest absolute Gasteiger partial charge is 0.457 e. The predicted octanol–water partition coefficient (Wildman–Crippen LogP) is 4.95. The molecule has 2 nitrogen and oxygen atoms in total. The van der Waals surface area contributed by atoms with Crippen LogP contribution in [0, 0.1) is 0 Å². The van der Waals surface area contributed by atoms with Crippen molar-refractivity contribution in [1.82, 2.24) is 5.32 Å². The van der Waals surface area contributed by atoms with Crippen molar-refractivity contribution in [3.8, 4) is 11.5 Å². The number of hydrogen-bond acceptors (Lipinski definition) is 2. The summed E-state index contributed by atoms with van der Waals surface area (Å²) in [6.07, 6.45) is 3.61. The molecule has 1 aliphatic carbocycles. The highest BCUT2D eigenvalue weighted by Crippen LogP contribution is 2.28. The molecule has 0 bridgehead atoms. The van der Waals surface area contributed by atoms with Gasteiger partial charge in [-0.05, 0) is 54.7 Å². The highest BCUT2D eigenvalue weighted by Gasteiger charge is 2.20. The van der Waals surface area contributed by atoms with E-state index in [2.05, 4.69) is 24.4 Å². The van der Waals surface area contributed by atoms with Gasteiger partial charge in [-0.25, -0.2) is 0 Å². The number of ether oxygens (including phenoxy) is 1. The molecule has 1 aliphatic rings. The monoisotopic (exact) mass is 301 g/mol. The third kappa shape index (κ3) is 3.99. The molecule has 0 atom stereocenters. The SMILES string of the molecule is CCc1ccc(Oc2ccc(CNC3CC3)c(Cl)c2)cc1. The van der Waals surface area contributed by atoms with E-state index < -0.39 is 0 Å². The Morgan fingerprint density at radius 2 is 1.81 bits per heavy atom. The smallest absolute Gasteiger partial charge is 0.128 e. The maximum absolute atomic E-state index is 6.33. The Labute approximate surface area is 131 Å². The van der Waals surface area contributed by atoms with Crippen LogP contribution in [0.4, 0.5) is 0 Å². The number of rotatable bonds is 6. The van der Waals surface area contributed by atoms with Gasteiger partial charge in [0.25, 0.3) is 0 Å². The zero-order chi connectivity index (χ0) is 14.7. The molecular weight excluding hydrogens is 282 g/mol. The minimum atomic E-state index is 0.689. The molecule has 3 rings (SSSR count). The fourth-order valence-electron chi connectivity index (χ4n) is 2.21. The van der Waals surface area contributed by atoms with Crippen LogP contribution in [-0.4, -0.2) is 6.04 Å². The molecule has 1 saturated carbocycles. The van der Waals surface area contributed by atoms with Gasteiger partial charge >= 0.3 is 0 Å². The van der Waals surface area contributed by atoms with E-state index in [0.717, 1.165) is 35.1 Å². The maximum Gasteiger partial charge on any atom is 0.128 e. The molecular formula is C18H20ClNO. The standard InChI is InChI=1S/C18H20ClNO/c1-2-13-3-8-16(9-4-13)21-17-10-5-14(18(19)11-17)12-20-15-6-7-15/h3-5,8-11,15,20H,2,6-7,12H2,1H3. The van der Waals surface area contributed by atoms with Crippen LogP contribution in [0.2, 0.25) is 5.02 Å². The summed E-state index contributed by atoms with van der Waals surface area (Å²) in [6, 6.07) is 14.8. The van der Waals surface area contributed by atoms with E-state index in [-0.39, 0.29) is 0 Å². The van der Waals surface area contributed by atoms with Crippen molar-refractivity contribution in [2.45, 2.75) is 38.8 Å². The van der Waals surface area contributed by atoms with Crippen LogP contribution in [0.25, 0.3) is 0 Å². The van der Waals surface area contributed by atoms with Crippen LogP contribution in [0.3, 0.4) is 0 Å². The van der Waals surface area contributed by atoms with E-state index in [1.54, 1.807) is 0 Å². The van der Waals surface area contributed by atoms with E-state index in [4.69, 9.17) is 16.3 Å². The molecule has 3 heteroatoms. The number of benzene rings is 2.